The molecule has 1 heterocycles. The quantitative estimate of drug-likeness (QED) is 0.513. The maximum absolute atomic E-state index is 6.24. The second-order valence-electron chi connectivity index (χ2n) is 4.37. The first-order chi connectivity index (χ1) is 9.04. The van der Waals surface area contributed by atoms with Crippen LogP contribution >= 0.6 is 23.4 Å². The van der Waals surface area contributed by atoms with E-state index in [-0.39, 0.29) is 5.50 Å². The molecule has 19 heavy (non-hydrogen) atoms. The van der Waals surface area contributed by atoms with Crippen LogP contribution in [-0.2, 0) is 6.42 Å². The van der Waals surface area contributed by atoms with E-state index in [2.05, 4.69) is 23.0 Å². The van der Waals surface area contributed by atoms with Gasteiger partial charge in [0.15, 0.2) is 0 Å². The third-order valence-electron chi connectivity index (χ3n) is 2.85. The molecule has 1 aromatic heterocycles. The Hall–Kier alpha value is -1.07. The van der Waals surface area contributed by atoms with E-state index in [1.165, 1.54) is 10.5 Å². The number of hydrogen-bond acceptors (Lipinski definition) is 2. The van der Waals surface area contributed by atoms with E-state index in [0.717, 1.165) is 23.0 Å². The predicted octanol–water partition coefficient (Wildman–Crippen LogP) is 1.78. The smallest absolute Gasteiger partial charge is 0.260 e. The van der Waals surface area contributed by atoms with E-state index in [1.807, 2.05) is 31.2 Å². The second-order valence-corrected chi connectivity index (χ2v) is 6.09. The normalized spacial score (nSPS) is 11.2. The molecule has 2 rings (SSSR count). The summed E-state index contributed by atoms with van der Waals surface area (Å²) < 4.78 is 0. The van der Waals surface area contributed by atoms with E-state index in [1.54, 1.807) is 11.8 Å². The largest absolute Gasteiger partial charge is 0.299 e. The zero-order chi connectivity index (χ0) is 14.0. The number of pyridine rings is 1. The Bertz CT molecular complexity index is 626. The van der Waals surface area contributed by atoms with Crippen LogP contribution in [0.15, 0.2) is 35.7 Å². The van der Waals surface area contributed by atoms with E-state index >= 15 is 0 Å². The van der Waals surface area contributed by atoms with Gasteiger partial charge in [0.05, 0.1) is 10.5 Å². The number of aromatic nitrogens is 1. The SMILES string of the molecule is C=CCc1c(C)nc2c(Cl)cccc2c1SC([NH3+])[NH3+]. The summed E-state index contributed by atoms with van der Waals surface area (Å²) in [4.78, 5) is 5.79. The van der Waals surface area contributed by atoms with Crippen molar-refractivity contribution in [3.05, 3.63) is 47.1 Å². The number of fused-ring (bicyclic) bond motifs is 1. The van der Waals surface area contributed by atoms with Crippen LogP contribution in [0.2, 0.25) is 5.02 Å². The molecule has 3 nitrogen and oxygen atoms in total. The van der Waals surface area contributed by atoms with Gasteiger partial charge >= 0.3 is 0 Å². The monoisotopic (exact) mass is 295 g/mol. The Labute approximate surface area is 122 Å². The molecule has 0 unspecified atom stereocenters. The molecule has 0 saturated carbocycles. The number of hydrogen-bond donors (Lipinski definition) is 2. The molecule has 0 amide bonds. The minimum Gasteiger partial charge on any atom is -0.299 e. The van der Waals surface area contributed by atoms with Crippen molar-refractivity contribution >= 4 is 34.3 Å². The molecule has 0 aliphatic rings. The number of nitrogens with zero attached hydrogens (tertiary/aromatic N) is 1. The highest BCUT2D eigenvalue weighted by molar-refractivity contribution is 7.99. The second kappa shape index (κ2) is 5.92. The van der Waals surface area contributed by atoms with E-state index in [4.69, 9.17) is 11.6 Å². The van der Waals surface area contributed by atoms with Crippen molar-refractivity contribution in [1.29, 1.82) is 0 Å². The van der Waals surface area contributed by atoms with Crippen molar-refractivity contribution in [2.24, 2.45) is 0 Å². The van der Waals surface area contributed by atoms with Crippen LogP contribution in [0, 0.1) is 6.92 Å². The van der Waals surface area contributed by atoms with Gasteiger partial charge < -0.3 is 0 Å². The molecule has 1 aromatic carbocycles. The summed E-state index contributed by atoms with van der Waals surface area (Å²) in [5.41, 5.74) is 11.0. The number of rotatable bonds is 4. The average molecular weight is 296 g/mol. The molecular formula is C14H18ClN3S+2. The Morgan fingerprint density at radius 2 is 2.21 bits per heavy atom. The lowest BCUT2D eigenvalue weighted by Gasteiger charge is -2.14. The lowest BCUT2D eigenvalue weighted by molar-refractivity contribution is -0.619. The van der Waals surface area contributed by atoms with Crippen LogP contribution in [0.1, 0.15) is 11.3 Å². The topological polar surface area (TPSA) is 68.2 Å². The zero-order valence-electron chi connectivity index (χ0n) is 10.9. The van der Waals surface area contributed by atoms with Gasteiger partial charge in [0.25, 0.3) is 5.50 Å². The number of benzene rings is 1. The van der Waals surface area contributed by atoms with Gasteiger partial charge in [0.2, 0.25) is 0 Å². The molecule has 0 bridgehead atoms. The molecule has 5 heteroatoms. The van der Waals surface area contributed by atoms with Crippen LogP contribution in [-0.4, -0.2) is 10.5 Å². The molecule has 0 aliphatic heterocycles. The van der Waals surface area contributed by atoms with Crippen molar-refractivity contribution in [2.75, 3.05) is 0 Å². The van der Waals surface area contributed by atoms with E-state index in [0.29, 0.717) is 5.02 Å². The molecule has 0 saturated heterocycles. The summed E-state index contributed by atoms with van der Waals surface area (Å²) in [6.45, 7) is 5.83. The van der Waals surface area contributed by atoms with Gasteiger partial charge in [0, 0.05) is 27.7 Å². The Balaban J connectivity index is 2.78. The van der Waals surface area contributed by atoms with Crippen molar-refractivity contribution < 1.29 is 11.5 Å². The number of allylic oxidation sites excluding steroid dienone is 1. The fourth-order valence-electron chi connectivity index (χ4n) is 2.06. The molecule has 0 radical (unpaired) electrons. The average Bonchev–Trinajstić information content (AvgIpc) is 2.34. The van der Waals surface area contributed by atoms with Crippen LogP contribution in [0.5, 0.6) is 0 Å². The summed E-state index contributed by atoms with van der Waals surface area (Å²) >= 11 is 7.89. The van der Waals surface area contributed by atoms with E-state index in [9.17, 15) is 0 Å². The first-order valence-electron chi connectivity index (χ1n) is 6.06. The third-order valence-corrected chi connectivity index (χ3v) is 4.20. The van der Waals surface area contributed by atoms with Crippen molar-refractivity contribution in [2.45, 2.75) is 23.7 Å². The van der Waals surface area contributed by atoms with Gasteiger partial charge in [-0.05, 0) is 25.0 Å². The minimum atomic E-state index is 0.0209. The lowest BCUT2D eigenvalue weighted by atomic mass is 10.1. The Kier molecular flexibility index (Phi) is 4.47. The summed E-state index contributed by atoms with van der Waals surface area (Å²) in [5.74, 6) is 0. The lowest BCUT2D eigenvalue weighted by Crippen LogP contribution is -2.82. The van der Waals surface area contributed by atoms with Crippen LogP contribution in [0.4, 0.5) is 0 Å². The highest BCUT2D eigenvalue weighted by atomic mass is 35.5. The predicted molar refractivity (Wildman–Crippen MR) is 80.8 cm³/mol. The molecular weight excluding hydrogens is 278 g/mol. The van der Waals surface area contributed by atoms with Crippen LogP contribution < -0.4 is 11.5 Å². The Morgan fingerprint density at radius 1 is 1.47 bits per heavy atom. The summed E-state index contributed by atoms with van der Waals surface area (Å²) in [6, 6.07) is 5.86. The maximum Gasteiger partial charge on any atom is 0.260 e. The van der Waals surface area contributed by atoms with E-state index < -0.39 is 0 Å². The molecule has 6 N–H and O–H groups in total. The molecule has 0 atom stereocenters. The van der Waals surface area contributed by atoms with Crippen molar-refractivity contribution in [1.82, 2.24) is 4.98 Å². The van der Waals surface area contributed by atoms with Crippen LogP contribution in [0.3, 0.4) is 0 Å². The van der Waals surface area contributed by atoms with Gasteiger partial charge in [-0.15, -0.1) is 6.58 Å². The fourth-order valence-corrected chi connectivity index (χ4v) is 3.28. The molecule has 0 fully saturated rings. The number of para-hydroxylation sites is 1. The minimum absolute atomic E-state index is 0.0209. The van der Waals surface area contributed by atoms with Crippen LogP contribution in [0.25, 0.3) is 10.9 Å². The van der Waals surface area contributed by atoms with Crippen molar-refractivity contribution in [3.63, 3.8) is 0 Å². The molecule has 2 aromatic rings. The molecule has 0 spiro atoms. The van der Waals surface area contributed by atoms with Crippen molar-refractivity contribution in [3.8, 4) is 0 Å². The first kappa shape index (κ1) is 14.3. The summed E-state index contributed by atoms with van der Waals surface area (Å²) in [6.07, 6.45) is 2.68. The van der Waals surface area contributed by atoms with Gasteiger partial charge in [-0.1, -0.05) is 29.8 Å². The number of thioether (sulfide) groups is 1. The highest BCUT2D eigenvalue weighted by Gasteiger charge is 2.17. The van der Waals surface area contributed by atoms with Gasteiger partial charge in [-0.2, -0.15) is 0 Å². The highest BCUT2D eigenvalue weighted by Crippen LogP contribution is 2.35. The summed E-state index contributed by atoms with van der Waals surface area (Å²) in [5, 5.41) is 1.74. The first-order valence-corrected chi connectivity index (χ1v) is 7.31. The zero-order valence-corrected chi connectivity index (χ0v) is 12.5. The number of halogens is 1. The number of aryl methyl sites for hydroxylation is 1. The third kappa shape index (κ3) is 2.92. The maximum atomic E-state index is 6.24. The standard InChI is InChI=1S/C14H16ClN3S/c1-3-5-9-8(2)18-12-10(6-4-7-11(12)15)13(9)19-14(16)17/h3-4,6-7,14H,1,5,16-17H2,2H3/p+2. The van der Waals surface area contributed by atoms with Gasteiger partial charge in [-0.25, -0.2) is 0 Å². The number of quaternary nitrogens is 2. The summed E-state index contributed by atoms with van der Waals surface area (Å²) in [7, 11) is 0. The van der Waals surface area contributed by atoms with Gasteiger partial charge in [0.1, 0.15) is 0 Å². The Morgan fingerprint density at radius 3 is 2.84 bits per heavy atom. The molecule has 100 valence electrons. The molecule has 0 aliphatic carbocycles. The van der Waals surface area contributed by atoms with Gasteiger partial charge in [-0.3, -0.25) is 16.5 Å². The fraction of sp³-hybridized carbons (Fsp3) is 0.214.